The first-order valence-electron chi connectivity index (χ1n) is 8.72. The summed E-state index contributed by atoms with van der Waals surface area (Å²) in [5, 5.41) is 7.92. The second kappa shape index (κ2) is 7.88. The monoisotopic (exact) mass is 366 g/mol. The van der Waals surface area contributed by atoms with Crippen molar-refractivity contribution in [2.75, 3.05) is 18.1 Å². The van der Waals surface area contributed by atoms with Gasteiger partial charge in [-0.05, 0) is 36.1 Å². The van der Waals surface area contributed by atoms with Crippen LogP contribution in [0.3, 0.4) is 0 Å². The number of nitrogens with one attached hydrogen (secondary N) is 1. The highest BCUT2D eigenvalue weighted by atomic mass is 32.2. The zero-order valence-electron chi connectivity index (χ0n) is 14.8. The van der Waals surface area contributed by atoms with Gasteiger partial charge < -0.3 is 5.32 Å². The minimum atomic E-state index is 0.633. The Morgan fingerprint density at radius 1 is 1.12 bits per heavy atom. The van der Waals surface area contributed by atoms with Crippen LogP contribution in [0.2, 0.25) is 0 Å². The van der Waals surface area contributed by atoms with Gasteiger partial charge in [0.25, 0.3) is 0 Å². The van der Waals surface area contributed by atoms with Crippen molar-refractivity contribution in [3.63, 3.8) is 0 Å². The second-order valence-electron chi connectivity index (χ2n) is 6.34. The molecule has 0 atom stereocenters. The molecule has 134 valence electrons. The normalized spacial score (nSPS) is 14.2. The maximum Gasteiger partial charge on any atom is 0.222 e. The number of rotatable bonds is 6. The summed E-state index contributed by atoms with van der Waals surface area (Å²) < 4.78 is 2.12. The summed E-state index contributed by atoms with van der Waals surface area (Å²) in [4.78, 5) is 12.2. The number of nitrogens with zero attached hydrogens (tertiary/aromatic N) is 5. The third-order valence-corrected chi connectivity index (χ3v) is 5.19. The molecule has 3 aromatic rings. The molecule has 0 aliphatic carbocycles. The molecule has 0 bridgehead atoms. The van der Waals surface area contributed by atoms with Gasteiger partial charge in [0, 0.05) is 36.9 Å². The van der Waals surface area contributed by atoms with E-state index in [4.69, 9.17) is 5.10 Å². The van der Waals surface area contributed by atoms with Crippen LogP contribution in [0.4, 0.5) is 5.95 Å². The zero-order valence-corrected chi connectivity index (χ0v) is 15.6. The maximum atomic E-state index is 4.70. The van der Waals surface area contributed by atoms with Gasteiger partial charge in [0.05, 0.1) is 24.5 Å². The van der Waals surface area contributed by atoms with Crippen molar-refractivity contribution >= 4 is 17.7 Å². The molecule has 0 saturated heterocycles. The molecule has 7 heteroatoms. The largest absolute Gasteiger partial charge is 0.348 e. The van der Waals surface area contributed by atoms with Crippen LogP contribution >= 0.6 is 11.8 Å². The highest BCUT2D eigenvalue weighted by Gasteiger charge is 2.18. The van der Waals surface area contributed by atoms with Gasteiger partial charge in [-0.25, -0.2) is 9.97 Å². The molecule has 1 aliphatic heterocycles. The van der Waals surface area contributed by atoms with Crippen LogP contribution in [0.5, 0.6) is 0 Å². The predicted octanol–water partition coefficient (Wildman–Crippen LogP) is 3.02. The summed E-state index contributed by atoms with van der Waals surface area (Å²) in [7, 11) is 0. The molecule has 0 unspecified atom stereocenters. The first kappa shape index (κ1) is 17.1. The van der Waals surface area contributed by atoms with Crippen molar-refractivity contribution in [3.05, 3.63) is 65.7 Å². The van der Waals surface area contributed by atoms with Gasteiger partial charge in [-0.1, -0.05) is 12.1 Å². The van der Waals surface area contributed by atoms with Crippen molar-refractivity contribution in [3.8, 4) is 0 Å². The van der Waals surface area contributed by atoms with Crippen LogP contribution in [0.1, 0.15) is 17.0 Å². The molecule has 1 aliphatic rings. The molecule has 0 amide bonds. The SMILES string of the molecule is CSc1cccc(CN2CCn3nc(CNc4ncccn4)cc3C2)c1. The van der Waals surface area contributed by atoms with Crippen LogP contribution in [0.25, 0.3) is 0 Å². The number of hydrogen-bond acceptors (Lipinski definition) is 6. The molecular formula is C19H22N6S. The number of thioether (sulfide) groups is 1. The van der Waals surface area contributed by atoms with Gasteiger partial charge in [-0.2, -0.15) is 5.10 Å². The number of anilines is 1. The van der Waals surface area contributed by atoms with Crippen molar-refractivity contribution < 1.29 is 0 Å². The first-order chi connectivity index (χ1) is 12.8. The molecule has 3 heterocycles. The standard InChI is InChI=1S/C19H22N6S/c1-26-18-5-2-4-15(10-18)13-24-8-9-25-17(14-24)11-16(23-25)12-22-19-20-6-3-7-21-19/h2-7,10-11H,8-9,12-14H2,1H3,(H,20,21,22). The molecule has 1 aromatic carbocycles. The zero-order chi connectivity index (χ0) is 17.8. The molecule has 0 fully saturated rings. The quantitative estimate of drug-likeness (QED) is 0.677. The van der Waals surface area contributed by atoms with Crippen LogP contribution < -0.4 is 5.32 Å². The summed E-state index contributed by atoms with van der Waals surface area (Å²) in [5.74, 6) is 0.633. The highest BCUT2D eigenvalue weighted by molar-refractivity contribution is 7.98. The summed E-state index contributed by atoms with van der Waals surface area (Å²) in [6.45, 7) is 4.50. The van der Waals surface area contributed by atoms with Gasteiger partial charge in [-0.15, -0.1) is 11.8 Å². The average molecular weight is 366 g/mol. The highest BCUT2D eigenvalue weighted by Crippen LogP contribution is 2.20. The first-order valence-corrected chi connectivity index (χ1v) is 9.94. The minimum Gasteiger partial charge on any atom is -0.348 e. The predicted molar refractivity (Wildman–Crippen MR) is 104 cm³/mol. The molecule has 4 rings (SSSR count). The Kier molecular flexibility index (Phi) is 5.17. The van der Waals surface area contributed by atoms with E-state index in [-0.39, 0.29) is 0 Å². The minimum absolute atomic E-state index is 0.633. The van der Waals surface area contributed by atoms with Gasteiger partial charge in [-0.3, -0.25) is 9.58 Å². The fourth-order valence-corrected chi connectivity index (χ4v) is 3.67. The summed E-state index contributed by atoms with van der Waals surface area (Å²) in [6.07, 6.45) is 5.59. The van der Waals surface area contributed by atoms with Crippen LogP contribution in [0, 0.1) is 0 Å². The molecular weight excluding hydrogens is 344 g/mol. The van der Waals surface area contributed by atoms with E-state index < -0.39 is 0 Å². The van der Waals surface area contributed by atoms with Crippen molar-refractivity contribution in [2.45, 2.75) is 31.1 Å². The molecule has 1 N–H and O–H groups in total. The molecule has 6 nitrogen and oxygen atoms in total. The Labute approximate surface area is 157 Å². The second-order valence-corrected chi connectivity index (χ2v) is 7.22. The Balaban J connectivity index is 1.38. The summed E-state index contributed by atoms with van der Waals surface area (Å²) >= 11 is 1.79. The summed E-state index contributed by atoms with van der Waals surface area (Å²) in [6, 6.07) is 12.8. The van der Waals surface area contributed by atoms with Gasteiger partial charge in [0.2, 0.25) is 5.95 Å². The molecule has 2 aromatic heterocycles. The molecule has 0 spiro atoms. The lowest BCUT2D eigenvalue weighted by atomic mass is 10.2. The van der Waals surface area contributed by atoms with E-state index in [2.05, 4.69) is 61.5 Å². The molecule has 0 radical (unpaired) electrons. The lowest BCUT2D eigenvalue weighted by molar-refractivity contribution is 0.205. The van der Waals surface area contributed by atoms with E-state index in [1.807, 2.05) is 6.07 Å². The van der Waals surface area contributed by atoms with Crippen molar-refractivity contribution in [1.82, 2.24) is 24.6 Å². The van der Waals surface area contributed by atoms with E-state index in [1.165, 1.54) is 16.2 Å². The maximum absolute atomic E-state index is 4.70. The van der Waals surface area contributed by atoms with Crippen molar-refractivity contribution in [2.24, 2.45) is 0 Å². The third kappa shape index (κ3) is 4.05. The molecule has 26 heavy (non-hydrogen) atoms. The van der Waals surface area contributed by atoms with Crippen LogP contribution in [0.15, 0.2) is 53.7 Å². The van der Waals surface area contributed by atoms with E-state index >= 15 is 0 Å². The summed E-state index contributed by atoms with van der Waals surface area (Å²) in [5.41, 5.74) is 3.66. The fraction of sp³-hybridized carbons (Fsp3) is 0.316. The Morgan fingerprint density at radius 3 is 2.85 bits per heavy atom. The van der Waals surface area contributed by atoms with Crippen molar-refractivity contribution in [1.29, 1.82) is 0 Å². The third-order valence-electron chi connectivity index (χ3n) is 4.46. The van der Waals surface area contributed by atoms with E-state index in [0.29, 0.717) is 12.5 Å². The van der Waals surface area contributed by atoms with Crippen LogP contribution in [-0.4, -0.2) is 37.4 Å². The topological polar surface area (TPSA) is 58.9 Å². The number of hydrogen-bond donors (Lipinski definition) is 1. The Hall–Kier alpha value is -2.38. The average Bonchev–Trinajstić information content (AvgIpc) is 3.09. The number of aromatic nitrogens is 4. The number of benzene rings is 1. The number of fused-ring (bicyclic) bond motifs is 1. The van der Waals surface area contributed by atoms with Gasteiger partial charge in [0.15, 0.2) is 0 Å². The Morgan fingerprint density at radius 2 is 2.00 bits per heavy atom. The van der Waals surface area contributed by atoms with E-state index in [9.17, 15) is 0 Å². The van der Waals surface area contributed by atoms with E-state index in [1.54, 1.807) is 24.2 Å². The lowest BCUT2D eigenvalue weighted by Crippen LogP contribution is -2.33. The Bertz CT molecular complexity index is 863. The lowest BCUT2D eigenvalue weighted by Gasteiger charge is -2.27. The van der Waals surface area contributed by atoms with Crippen LogP contribution in [-0.2, 0) is 26.2 Å². The fourth-order valence-electron chi connectivity index (χ4n) is 3.19. The van der Waals surface area contributed by atoms with E-state index in [0.717, 1.165) is 31.9 Å². The van der Waals surface area contributed by atoms with Gasteiger partial charge >= 0.3 is 0 Å². The smallest absolute Gasteiger partial charge is 0.222 e. The van der Waals surface area contributed by atoms with Gasteiger partial charge in [0.1, 0.15) is 0 Å². The molecule has 0 saturated carbocycles.